The molecule has 1 amide bonds. The molecule has 6 heteroatoms. The Morgan fingerprint density at radius 2 is 1.77 bits per heavy atom. The van der Waals surface area contributed by atoms with Crippen LogP contribution >= 0.6 is 0 Å². The lowest BCUT2D eigenvalue weighted by atomic mass is 10.1. The van der Waals surface area contributed by atoms with Gasteiger partial charge < -0.3 is 19.7 Å². The number of rotatable bonds is 4. The fourth-order valence-corrected chi connectivity index (χ4v) is 3.01. The van der Waals surface area contributed by atoms with Crippen molar-refractivity contribution < 1.29 is 19.4 Å². The van der Waals surface area contributed by atoms with Crippen LogP contribution in [0.3, 0.4) is 0 Å². The Morgan fingerprint density at radius 1 is 1.08 bits per heavy atom. The molecule has 2 N–H and O–H groups in total. The number of carbonyl (C=O) groups excluding carboxylic acids is 1. The number of amides is 1. The van der Waals surface area contributed by atoms with Crippen LogP contribution in [0.25, 0.3) is 21.8 Å². The van der Waals surface area contributed by atoms with Crippen molar-refractivity contribution in [1.29, 1.82) is 0 Å². The number of alkyl carbamates (subject to hydrolysis) is 1. The molecular weight excluding hydrogens is 332 g/mol. The Kier molecular flexibility index (Phi) is 4.59. The molecule has 0 bridgehead atoms. The van der Waals surface area contributed by atoms with Crippen LogP contribution in [0, 0.1) is 0 Å². The molecule has 3 aromatic rings. The van der Waals surface area contributed by atoms with Crippen molar-refractivity contribution in [3.63, 3.8) is 0 Å². The first-order chi connectivity index (χ1) is 12.3. The van der Waals surface area contributed by atoms with Gasteiger partial charge in [0.1, 0.15) is 5.60 Å². The lowest BCUT2D eigenvalue weighted by Crippen LogP contribution is -2.34. The van der Waals surface area contributed by atoms with Gasteiger partial charge in [-0.1, -0.05) is 24.3 Å². The summed E-state index contributed by atoms with van der Waals surface area (Å²) in [5.41, 5.74) is 1.52. The largest absolute Gasteiger partial charge is 0.478 e. The van der Waals surface area contributed by atoms with Gasteiger partial charge >= 0.3 is 12.1 Å². The number of para-hydroxylation sites is 1. The van der Waals surface area contributed by atoms with E-state index in [-0.39, 0.29) is 5.56 Å². The number of carboxylic acids is 1. The summed E-state index contributed by atoms with van der Waals surface area (Å²) in [6, 6.07) is 13.0. The van der Waals surface area contributed by atoms with Crippen molar-refractivity contribution >= 4 is 33.9 Å². The predicted octanol–water partition coefficient (Wildman–Crippen LogP) is 4.02. The maximum absolute atomic E-state index is 11.8. The first-order valence-electron chi connectivity index (χ1n) is 8.47. The number of carbonyl (C=O) groups is 2. The number of fused-ring (bicyclic) bond motifs is 3. The molecule has 2 aromatic carbocycles. The van der Waals surface area contributed by atoms with Gasteiger partial charge in [-0.15, -0.1) is 0 Å². The van der Waals surface area contributed by atoms with Gasteiger partial charge in [-0.2, -0.15) is 0 Å². The summed E-state index contributed by atoms with van der Waals surface area (Å²) in [6.07, 6.45) is -0.468. The van der Waals surface area contributed by atoms with Gasteiger partial charge in [0.05, 0.1) is 11.1 Å². The van der Waals surface area contributed by atoms with Crippen LogP contribution in [-0.4, -0.2) is 33.9 Å². The van der Waals surface area contributed by atoms with Gasteiger partial charge in [-0.3, -0.25) is 0 Å². The van der Waals surface area contributed by atoms with Crippen LogP contribution in [0.5, 0.6) is 0 Å². The summed E-state index contributed by atoms with van der Waals surface area (Å²) in [4.78, 5) is 23.2. The zero-order chi connectivity index (χ0) is 18.9. The molecule has 0 aliphatic carbocycles. The number of hydrogen-bond donors (Lipinski definition) is 2. The smallest absolute Gasteiger partial charge is 0.407 e. The Bertz CT molecular complexity index is 983. The summed E-state index contributed by atoms with van der Waals surface area (Å²) < 4.78 is 7.27. The van der Waals surface area contributed by atoms with Crippen LogP contribution in [0.2, 0.25) is 0 Å². The SMILES string of the molecule is CC(C)(C)OC(=O)NCCn1c2ccccc2c2ccc(C(=O)O)cc21. The highest BCUT2D eigenvalue weighted by Crippen LogP contribution is 2.29. The summed E-state index contributed by atoms with van der Waals surface area (Å²) in [6.45, 7) is 6.32. The summed E-state index contributed by atoms with van der Waals surface area (Å²) in [5, 5.41) is 14.1. The highest BCUT2D eigenvalue weighted by atomic mass is 16.6. The van der Waals surface area contributed by atoms with Crippen molar-refractivity contribution in [1.82, 2.24) is 9.88 Å². The standard InChI is InChI=1S/C20H22N2O4/c1-20(2,3)26-19(25)21-10-11-22-16-7-5-4-6-14(16)15-9-8-13(18(23)24)12-17(15)22/h4-9,12H,10-11H2,1-3H3,(H,21,25)(H,23,24). The molecule has 0 aliphatic heterocycles. The Labute approximate surface area is 151 Å². The highest BCUT2D eigenvalue weighted by Gasteiger charge is 2.16. The zero-order valence-electron chi connectivity index (χ0n) is 15.1. The van der Waals surface area contributed by atoms with Gasteiger partial charge in [0, 0.05) is 29.4 Å². The maximum Gasteiger partial charge on any atom is 0.407 e. The van der Waals surface area contributed by atoms with E-state index in [1.165, 1.54) is 0 Å². The van der Waals surface area contributed by atoms with Crippen LogP contribution < -0.4 is 5.32 Å². The van der Waals surface area contributed by atoms with Crippen molar-refractivity contribution in [2.45, 2.75) is 32.9 Å². The number of benzene rings is 2. The fourth-order valence-electron chi connectivity index (χ4n) is 3.01. The molecule has 26 heavy (non-hydrogen) atoms. The quantitative estimate of drug-likeness (QED) is 0.741. The molecule has 0 saturated carbocycles. The minimum atomic E-state index is -0.962. The van der Waals surface area contributed by atoms with Crippen molar-refractivity contribution in [2.24, 2.45) is 0 Å². The minimum Gasteiger partial charge on any atom is -0.478 e. The summed E-state index contributed by atoms with van der Waals surface area (Å²) >= 11 is 0. The van der Waals surface area contributed by atoms with E-state index >= 15 is 0 Å². The van der Waals surface area contributed by atoms with E-state index in [0.29, 0.717) is 13.1 Å². The van der Waals surface area contributed by atoms with Crippen molar-refractivity contribution in [3.05, 3.63) is 48.0 Å². The zero-order valence-corrected chi connectivity index (χ0v) is 15.1. The van der Waals surface area contributed by atoms with E-state index in [2.05, 4.69) is 5.32 Å². The normalized spacial score (nSPS) is 11.7. The van der Waals surface area contributed by atoms with E-state index in [1.54, 1.807) is 12.1 Å². The number of aromatic nitrogens is 1. The first-order valence-corrected chi connectivity index (χ1v) is 8.47. The molecule has 1 aromatic heterocycles. The average molecular weight is 354 g/mol. The third-order valence-electron chi connectivity index (χ3n) is 4.02. The van der Waals surface area contributed by atoms with Gasteiger partial charge in [0.2, 0.25) is 0 Å². The lowest BCUT2D eigenvalue weighted by molar-refractivity contribution is 0.0525. The number of hydrogen-bond acceptors (Lipinski definition) is 3. The average Bonchev–Trinajstić information content (AvgIpc) is 2.87. The number of nitrogens with one attached hydrogen (secondary N) is 1. The number of carboxylic acid groups (broad SMARTS) is 1. The van der Waals surface area contributed by atoms with E-state index in [0.717, 1.165) is 21.8 Å². The second kappa shape index (κ2) is 6.71. The van der Waals surface area contributed by atoms with Gasteiger partial charge in [-0.05, 0) is 39.0 Å². The Hall–Kier alpha value is -3.02. The molecule has 3 rings (SSSR count). The number of ether oxygens (including phenoxy) is 1. The highest BCUT2D eigenvalue weighted by molar-refractivity contribution is 6.09. The molecule has 136 valence electrons. The Morgan fingerprint density at radius 3 is 2.46 bits per heavy atom. The molecule has 1 heterocycles. The monoisotopic (exact) mass is 354 g/mol. The third-order valence-corrected chi connectivity index (χ3v) is 4.02. The molecule has 0 atom stereocenters. The van der Waals surface area contributed by atoms with Gasteiger partial charge in [-0.25, -0.2) is 9.59 Å². The van der Waals surface area contributed by atoms with Crippen LogP contribution in [0.15, 0.2) is 42.5 Å². The van der Waals surface area contributed by atoms with Crippen molar-refractivity contribution in [3.8, 4) is 0 Å². The van der Waals surface area contributed by atoms with E-state index in [9.17, 15) is 14.7 Å². The van der Waals surface area contributed by atoms with E-state index < -0.39 is 17.7 Å². The number of aromatic carboxylic acids is 1. The van der Waals surface area contributed by atoms with Crippen LogP contribution in [0.4, 0.5) is 4.79 Å². The van der Waals surface area contributed by atoms with E-state index in [1.807, 2.05) is 55.7 Å². The van der Waals surface area contributed by atoms with Crippen molar-refractivity contribution in [2.75, 3.05) is 6.54 Å². The molecule has 0 spiro atoms. The molecule has 0 fully saturated rings. The fraction of sp³-hybridized carbons (Fsp3) is 0.300. The Balaban J connectivity index is 1.91. The molecule has 6 nitrogen and oxygen atoms in total. The summed E-state index contributed by atoms with van der Waals surface area (Å²) in [7, 11) is 0. The summed E-state index contributed by atoms with van der Waals surface area (Å²) in [5.74, 6) is -0.962. The molecule has 0 saturated heterocycles. The number of nitrogens with zero attached hydrogens (tertiary/aromatic N) is 1. The molecule has 0 radical (unpaired) electrons. The molecule has 0 aliphatic rings. The topological polar surface area (TPSA) is 80.6 Å². The van der Waals surface area contributed by atoms with Gasteiger partial charge in [0.25, 0.3) is 0 Å². The van der Waals surface area contributed by atoms with Crippen LogP contribution in [0.1, 0.15) is 31.1 Å². The second-order valence-corrected chi connectivity index (χ2v) is 7.13. The van der Waals surface area contributed by atoms with Crippen LogP contribution in [-0.2, 0) is 11.3 Å². The third kappa shape index (κ3) is 3.64. The maximum atomic E-state index is 11.8. The molecular formula is C20H22N2O4. The second-order valence-electron chi connectivity index (χ2n) is 7.13. The molecule has 0 unspecified atom stereocenters. The van der Waals surface area contributed by atoms with Gasteiger partial charge in [0.15, 0.2) is 0 Å². The van der Waals surface area contributed by atoms with E-state index in [4.69, 9.17) is 4.74 Å². The lowest BCUT2D eigenvalue weighted by Gasteiger charge is -2.19. The minimum absolute atomic E-state index is 0.238. The predicted molar refractivity (Wildman–Crippen MR) is 101 cm³/mol. The first kappa shape index (κ1) is 17.8.